The summed E-state index contributed by atoms with van der Waals surface area (Å²) >= 11 is 0. The number of fused-ring (bicyclic) bond motifs is 1. The van der Waals surface area contributed by atoms with E-state index in [1.807, 2.05) is 42.5 Å². The second-order valence-electron chi connectivity index (χ2n) is 3.71. The standard InChI is InChI=1S/C14H14N2O2/c1-18-16-10-9-15-14(17)13-8-4-6-11-5-2-3-7-12(11)13/h2-8,10H,9H2,1H3,(H,15,17). The van der Waals surface area contributed by atoms with Crippen LogP contribution in [0.1, 0.15) is 10.4 Å². The molecule has 1 amide bonds. The van der Waals surface area contributed by atoms with Crippen LogP contribution in [-0.2, 0) is 4.84 Å². The zero-order chi connectivity index (χ0) is 12.8. The summed E-state index contributed by atoms with van der Waals surface area (Å²) in [7, 11) is 1.46. The third kappa shape index (κ3) is 2.66. The Balaban J connectivity index is 2.20. The Kier molecular flexibility index (Phi) is 3.91. The van der Waals surface area contributed by atoms with Crippen molar-refractivity contribution in [3.05, 3.63) is 48.0 Å². The average Bonchev–Trinajstić information content (AvgIpc) is 2.43. The van der Waals surface area contributed by atoms with Gasteiger partial charge in [-0.05, 0) is 16.8 Å². The van der Waals surface area contributed by atoms with Crippen molar-refractivity contribution in [1.82, 2.24) is 5.32 Å². The molecule has 0 saturated carbocycles. The fourth-order valence-electron chi connectivity index (χ4n) is 1.77. The molecule has 0 aliphatic carbocycles. The van der Waals surface area contributed by atoms with Gasteiger partial charge >= 0.3 is 0 Å². The molecule has 0 atom stereocenters. The molecule has 0 aliphatic heterocycles. The molecule has 0 unspecified atom stereocenters. The number of benzene rings is 2. The van der Waals surface area contributed by atoms with Gasteiger partial charge in [0.05, 0.1) is 12.8 Å². The minimum atomic E-state index is -0.116. The Morgan fingerprint density at radius 3 is 2.89 bits per heavy atom. The Morgan fingerprint density at radius 2 is 2.06 bits per heavy atom. The molecule has 0 saturated heterocycles. The number of nitrogens with zero attached hydrogens (tertiary/aromatic N) is 1. The van der Waals surface area contributed by atoms with Crippen molar-refractivity contribution in [3.63, 3.8) is 0 Å². The Bertz CT molecular complexity index is 574. The summed E-state index contributed by atoms with van der Waals surface area (Å²) in [4.78, 5) is 16.5. The molecule has 1 N–H and O–H groups in total. The van der Waals surface area contributed by atoms with Gasteiger partial charge in [0.25, 0.3) is 5.91 Å². The van der Waals surface area contributed by atoms with Crippen LogP contribution in [0.3, 0.4) is 0 Å². The molecule has 92 valence electrons. The van der Waals surface area contributed by atoms with E-state index in [1.165, 1.54) is 13.3 Å². The van der Waals surface area contributed by atoms with Gasteiger partial charge in [0.2, 0.25) is 0 Å². The van der Waals surface area contributed by atoms with E-state index in [0.717, 1.165) is 10.8 Å². The molecule has 4 heteroatoms. The third-order valence-corrected chi connectivity index (χ3v) is 2.57. The molecule has 2 rings (SSSR count). The molecule has 2 aromatic carbocycles. The van der Waals surface area contributed by atoms with Crippen LogP contribution in [-0.4, -0.2) is 25.8 Å². The first-order valence-electron chi connectivity index (χ1n) is 5.64. The van der Waals surface area contributed by atoms with Crippen LogP contribution < -0.4 is 5.32 Å². The van der Waals surface area contributed by atoms with E-state index in [4.69, 9.17) is 0 Å². The van der Waals surface area contributed by atoms with Crippen LogP contribution in [0.5, 0.6) is 0 Å². The lowest BCUT2D eigenvalue weighted by Gasteiger charge is -2.06. The maximum atomic E-state index is 12.0. The van der Waals surface area contributed by atoms with Gasteiger partial charge in [-0.1, -0.05) is 41.6 Å². The zero-order valence-electron chi connectivity index (χ0n) is 10.1. The van der Waals surface area contributed by atoms with Crippen molar-refractivity contribution in [1.29, 1.82) is 0 Å². The van der Waals surface area contributed by atoms with Crippen molar-refractivity contribution in [2.45, 2.75) is 0 Å². The number of carbonyl (C=O) groups is 1. The number of hydrogen-bond donors (Lipinski definition) is 1. The molecule has 0 spiro atoms. The molecular formula is C14H14N2O2. The van der Waals surface area contributed by atoms with Crippen molar-refractivity contribution in [2.24, 2.45) is 5.16 Å². The molecule has 0 fully saturated rings. The second kappa shape index (κ2) is 5.82. The maximum absolute atomic E-state index is 12.0. The number of rotatable bonds is 4. The van der Waals surface area contributed by atoms with Crippen LogP contribution in [0, 0.1) is 0 Å². The lowest BCUT2D eigenvalue weighted by Crippen LogP contribution is -2.25. The number of nitrogens with one attached hydrogen (secondary N) is 1. The summed E-state index contributed by atoms with van der Waals surface area (Å²) < 4.78 is 0. The van der Waals surface area contributed by atoms with Gasteiger partial charge in [0.15, 0.2) is 0 Å². The number of amides is 1. The van der Waals surface area contributed by atoms with E-state index >= 15 is 0 Å². The molecule has 0 aromatic heterocycles. The van der Waals surface area contributed by atoms with Gasteiger partial charge in [-0.25, -0.2) is 0 Å². The zero-order valence-corrected chi connectivity index (χ0v) is 10.1. The van der Waals surface area contributed by atoms with Gasteiger partial charge in [0.1, 0.15) is 7.11 Å². The lowest BCUT2D eigenvalue weighted by molar-refractivity contribution is 0.0961. The summed E-state index contributed by atoms with van der Waals surface area (Å²) in [5, 5.41) is 8.31. The minimum Gasteiger partial charge on any atom is -0.399 e. The van der Waals surface area contributed by atoms with Crippen LogP contribution in [0.2, 0.25) is 0 Å². The summed E-state index contributed by atoms with van der Waals surface area (Å²) in [5.74, 6) is -0.116. The molecule has 4 nitrogen and oxygen atoms in total. The van der Waals surface area contributed by atoms with E-state index in [2.05, 4.69) is 15.3 Å². The highest BCUT2D eigenvalue weighted by molar-refractivity contribution is 6.07. The molecule has 0 bridgehead atoms. The van der Waals surface area contributed by atoms with E-state index in [0.29, 0.717) is 12.1 Å². The summed E-state index contributed by atoms with van der Waals surface area (Å²) in [5.41, 5.74) is 0.666. The van der Waals surface area contributed by atoms with Gasteiger partial charge in [-0.15, -0.1) is 0 Å². The van der Waals surface area contributed by atoms with Gasteiger partial charge in [-0.2, -0.15) is 0 Å². The highest BCUT2D eigenvalue weighted by Crippen LogP contribution is 2.18. The van der Waals surface area contributed by atoms with E-state index in [-0.39, 0.29) is 5.91 Å². The summed E-state index contributed by atoms with van der Waals surface area (Å²) in [6.07, 6.45) is 1.50. The topological polar surface area (TPSA) is 50.7 Å². The quantitative estimate of drug-likeness (QED) is 0.660. The largest absolute Gasteiger partial charge is 0.399 e. The minimum absolute atomic E-state index is 0.116. The highest BCUT2D eigenvalue weighted by atomic mass is 16.6. The molecule has 0 heterocycles. The second-order valence-corrected chi connectivity index (χ2v) is 3.71. The third-order valence-electron chi connectivity index (χ3n) is 2.57. The highest BCUT2D eigenvalue weighted by Gasteiger charge is 2.07. The summed E-state index contributed by atoms with van der Waals surface area (Å²) in [6.45, 7) is 0.343. The molecule has 18 heavy (non-hydrogen) atoms. The Morgan fingerprint density at radius 1 is 1.28 bits per heavy atom. The maximum Gasteiger partial charge on any atom is 0.252 e. The Labute approximate surface area is 105 Å². The number of hydrogen-bond acceptors (Lipinski definition) is 3. The SMILES string of the molecule is CON=CCNC(=O)c1cccc2ccccc12. The van der Waals surface area contributed by atoms with Gasteiger partial charge < -0.3 is 10.2 Å². The monoisotopic (exact) mass is 242 g/mol. The van der Waals surface area contributed by atoms with E-state index in [1.54, 1.807) is 0 Å². The van der Waals surface area contributed by atoms with E-state index in [9.17, 15) is 4.79 Å². The first kappa shape index (κ1) is 12.1. The normalized spacial score (nSPS) is 10.7. The van der Waals surface area contributed by atoms with Crippen LogP contribution in [0.15, 0.2) is 47.6 Å². The van der Waals surface area contributed by atoms with Crippen molar-refractivity contribution >= 4 is 22.9 Å². The Hall–Kier alpha value is -2.36. The predicted octanol–water partition coefficient (Wildman–Crippen LogP) is 2.20. The first-order valence-corrected chi connectivity index (χ1v) is 5.64. The van der Waals surface area contributed by atoms with Gasteiger partial charge in [0, 0.05) is 5.56 Å². The van der Waals surface area contributed by atoms with E-state index < -0.39 is 0 Å². The number of oxime groups is 1. The van der Waals surface area contributed by atoms with Gasteiger partial charge in [-0.3, -0.25) is 4.79 Å². The van der Waals surface area contributed by atoms with Crippen molar-refractivity contribution in [2.75, 3.05) is 13.7 Å². The fraction of sp³-hybridized carbons (Fsp3) is 0.143. The first-order chi connectivity index (χ1) is 8.83. The van der Waals surface area contributed by atoms with Crippen LogP contribution in [0.25, 0.3) is 10.8 Å². The van der Waals surface area contributed by atoms with Crippen molar-refractivity contribution in [3.8, 4) is 0 Å². The fourth-order valence-corrected chi connectivity index (χ4v) is 1.77. The predicted molar refractivity (Wildman–Crippen MR) is 71.8 cm³/mol. The smallest absolute Gasteiger partial charge is 0.252 e. The lowest BCUT2D eigenvalue weighted by atomic mass is 10.0. The van der Waals surface area contributed by atoms with Crippen LogP contribution in [0.4, 0.5) is 0 Å². The van der Waals surface area contributed by atoms with Crippen molar-refractivity contribution < 1.29 is 9.63 Å². The molecular weight excluding hydrogens is 228 g/mol. The van der Waals surface area contributed by atoms with Crippen LogP contribution >= 0.6 is 0 Å². The average molecular weight is 242 g/mol. The molecule has 2 aromatic rings. The molecule has 0 radical (unpaired) electrons. The summed E-state index contributed by atoms with van der Waals surface area (Å²) in [6, 6.07) is 13.5. The molecule has 0 aliphatic rings. The number of carbonyl (C=O) groups excluding carboxylic acids is 1.